The Morgan fingerprint density at radius 3 is 2.51 bits per heavy atom. The number of amides is 1. The van der Waals surface area contributed by atoms with E-state index in [2.05, 4.69) is 10.4 Å². The quantitative estimate of drug-likeness (QED) is 0.269. The van der Waals surface area contributed by atoms with E-state index in [1.54, 1.807) is 71.5 Å². The molecule has 1 amide bonds. The van der Waals surface area contributed by atoms with Crippen molar-refractivity contribution >= 4 is 52.5 Å². The van der Waals surface area contributed by atoms with Crippen molar-refractivity contribution in [1.82, 2.24) is 9.78 Å². The van der Waals surface area contributed by atoms with Gasteiger partial charge in [0.05, 0.1) is 33.3 Å². The van der Waals surface area contributed by atoms with Crippen molar-refractivity contribution in [1.29, 1.82) is 0 Å². The van der Waals surface area contributed by atoms with Crippen LogP contribution in [0.2, 0.25) is 15.1 Å². The summed E-state index contributed by atoms with van der Waals surface area (Å²) in [5.74, 6) is -0.422. The number of halogens is 3. The van der Waals surface area contributed by atoms with Gasteiger partial charge in [0, 0.05) is 29.5 Å². The number of carbonyl (C=O) groups is 2. The molecule has 0 saturated heterocycles. The SMILES string of the molecule is O=C(Nc1ccn(-c2ccc(Cl)c(Cl)c2)n1)c1ccc(Oc2cc3c(cc2Cl)C(C(=O)O)CCO3)cc1. The molecular formula is C26H18Cl3N3O5. The zero-order valence-corrected chi connectivity index (χ0v) is 21.2. The van der Waals surface area contributed by atoms with E-state index in [4.69, 9.17) is 44.3 Å². The van der Waals surface area contributed by atoms with E-state index < -0.39 is 11.9 Å². The Hall–Kier alpha value is -3.72. The summed E-state index contributed by atoms with van der Waals surface area (Å²) in [6, 6.07) is 16.4. The molecule has 3 aromatic carbocycles. The molecule has 1 aliphatic heterocycles. The fourth-order valence-corrected chi connectivity index (χ4v) is 4.38. The van der Waals surface area contributed by atoms with Crippen LogP contribution in [0.4, 0.5) is 5.82 Å². The van der Waals surface area contributed by atoms with Gasteiger partial charge in [-0.1, -0.05) is 34.8 Å². The summed E-state index contributed by atoms with van der Waals surface area (Å²) in [5, 5.41) is 17.6. The number of carboxylic acids is 1. The molecule has 0 saturated carbocycles. The summed E-state index contributed by atoms with van der Waals surface area (Å²) in [6.07, 6.45) is 2.06. The molecule has 0 aliphatic carbocycles. The smallest absolute Gasteiger partial charge is 0.311 e. The van der Waals surface area contributed by atoms with E-state index in [-0.39, 0.29) is 10.9 Å². The minimum atomic E-state index is -0.927. The molecule has 37 heavy (non-hydrogen) atoms. The number of rotatable bonds is 6. The lowest BCUT2D eigenvalue weighted by molar-refractivity contribution is -0.139. The first-order valence-corrected chi connectivity index (χ1v) is 12.2. The molecule has 1 unspecified atom stereocenters. The third kappa shape index (κ3) is 5.36. The lowest BCUT2D eigenvalue weighted by atomic mass is 9.93. The largest absolute Gasteiger partial charge is 0.493 e. The number of nitrogens with one attached hydrogen (secondary N) is 1. The van der Waals surface area contributed by atoms with E-state index in [0.717, 1.165) is 0 Å². The lowest BCUT2D eigenvalue weighted by Gasteiger charge is -2.24. The minimum absolute atomic E-state index is 0.259. The Bertz CT molecular complexity index is 1500. The molecule has 0 fully saturated rings. The normalized spacial score (nSPS) is 14.4. The van der Waals surface area contributed by atoms with Crippen LogP contribution in [-0.2, 0) is 4.79 Å². The van der Waals surface area contributed by atoms with Crippen LogP contribution in [0.5, 0.6) is 17.2 Å². The number of carboxylic acid groups (broad SMARTS) is 1. The van der Waals surface area contributed by atoms with Gasteiger partial charge in [-0.25, -0.2) is 4.68 Å². The number of aromatic nitrogens is 2. The minimum Gasteiger partial charge on any atom is -0.493 e. The molecule has 11 heteroatoms. The number of hydrogen-bond donors (Lipinski definition) is 2. The van der Waals surface area contributed by atoms with Gasteiger partial charge in [-0.2, -0.15) is 5.10 Å². The third-order valence-electron chi connectivity index (χ3n) is 5.74. The summed E-state index contributed by atoms with van der Waals surface area (Å²) in [5.41, 5.74) is 1.60. The van der Waals surface area contributed by atoms with Gasteiger partial charge < -0.3 is 19.9 Å². The van der Waals surface area contributed by atoms with Crippen molar-refractivity contribution in [2.75, 3.05) is 11.9 Å². The standard InChI is InChI=1S/C26H18Cl3N3O5/c27-19-6-3-15(11-20(19)28)32-9-7-24(31-32)30-25(33)14-1-4-16(5-2-14)37-23-13-22-18(12-21(23)29)17(26(34)35)8-10-36-22/h1-7,9,11-13,17H,8,10H2,(H,34,35)(H,30,31,33). The Morgan fingerprint density at radius 1 is 1.00 bits per heavy atom. The van der Waals surface area contributed by atoms with Gasteiger partial charge in [0.1, 0.15) is 17.2 Å². The predicted octanol–water partition coefficient (Wildman–Crippen LogP) is 6.83. The summed E-state index contributed by atoms with van der Waals surface area (Å²) < 4.78 is 13.0. The number of fused-ring (bicyclic) bond motifs is 1. The van der Waals surface area contributed by atoms with Gasteiger partial charge in [0.25, 0.3) is 5.91 Å². The highest BCUT2D eigenvalue weighted by molar-refractivity contribution is 6.42. The van der Waals surface area contributed by atoms with Gasteiger partial charge in [-0.3, -0.25) is 9.59 Å². The molecule has 2 N–H and O–H groups in total. The number of aliphatic carboxylic acids is 1. The van der Waals surface area contributed by atoms with E-state index in [9.17, 15) is 14.7 Å². The molecule has 188 valence electrons. The summed E-state index contributed by atoms with van der Waals surface area (Å²) in [7, 11) is 0. The topological polar surface area (TPSA) is 103 Å². The fourth-order valence-electron chi connectivity index (χ4n) is 3.88. The Balaban J connectivity index is 1.26. The van der Waals surface area contributed by atoms with Crippen LogP contribution in [0.1, 0.15) is 28.3 Å². The molecule has 0 radical (unpaired) electrons. The van der Waals surface area contributed by atoms with Crippen molar-refractivity contribution < 1.29 is 24.2 Å². The zero-order chi connectivity index (χ0) is 26.1. The predicted molar refractivity (Wildman–Crippen MR) is 140 cm³/mol. The van der Waals surface area contributed by atoms with Gasteiger partial charge in [-0.15, -0.1) is 0 Å². The maximum atomic E-state index is 12.7. The van der Waals surface area contributed by atoms with Crippen molar-refractivity contribution in [3.05, 3.63) is 93.1 Å². The molecule has 5 rings (SSSR count). The second-order valence-corrected chi connectivity index (χ2v) is 9.39. The van der Waals surface area contributed by atoms with Crippen molar-refractivity contribution in [3.8, 4) is 22.9 Å². The molecule has 1 aliphatic rings. The highest BCUT2D eigenvalue weighted by Gasteiger charge is 2.29. The van der Waals surface area contributed by atoms with E-state index in [0.29, 0.717) is 63.0 Å². The summed E-state index contributed by atoms with van der Waals surface area (Å²) in [4.78, 5) is 24.2. The summed E-state index contributed by atoms with van der Waals surface area (Å²) in [6.45, 7) is 0.292. The van der Waals surface area contributed by atoms with E-state index >= 15 is 0 Å². The van der Waals surface area contributed by atoms with E-state index in [1.165, 1.54) is 0 Å². The molecule has 0 spiro atoms. The Labute approximate surface area is 226 Å². The average molecular weight is 559 g/mol. The summed E-state index contributed by atoms with van der Waals surface area (Å²) >= 11 is 18.4. The number of carbonyl (C=O) groups excluding carboxylic acids is 1. The molecular weight excluding hydrogens is 541 g/mol. The van der Waals surface area contributed by atoms with Crippen LogP contribution in [0, 0.1) is 0 Å². The van der Waals surface area contributed by atoms with Crippen LogP contribution in [-0.4, -0.2) is 33.4 Å². The highest BCUT2D eigenvalue weighted by atomic mass is 35.5. The van der Waals surface area contributed by atoms with Gasteiger partial charge >= 0.3 is 5.97 Å². The Kier molecular flexibility index (Phi) is 6.97. The number of ether oxygens (including phenoxy) is 2. The maximum absolute atomic E-state index is 12.7. The highest BCUT2D eigenvalue weighted by Crippen LogP contribution is 2.41. The van der Waals surface area contributed by atoms with Crippen LogP contribution in [0.25, 0.3) is 5.69 Å². The molecule has 2 heterocycles. The zero-order valence-electron chi connectivity index (χ0n) is 19.0. The monoisotopic (exact) mass is 557 g/mol. The van der Waals surface area contributed by atoms with Gasteiger partial charge in [0.2, 0.25) is 0 Å². The molecule has 0 bridgehead atoms. The molecule has 1 atom stereocenters. The Morgan fingerprint density at radius 2 is 1.78 bits per heavy atom. The number of benzene rings is 3. The van der Waals surface area contributed by atoms with Crippen LogP contribution in [0.3, 0.4) is 0 Å². The molecule has 1 aromatic heterocycles. The second kappa shape index (κ2) is 10.3. The maximum Gasteiger partial charge on any atom is 0.311 e. The molecule has 4 aromatic rings. The van der Waals surface area contributed by atoms with Gasteiger partial charge in [-0.05, 0) is 55.0 Å². The van der Waals surface area contributed by atoms with Crippen molar-refractivity contribution in [3.63, 3.8) is 0 Å². The first kappa shape index (κ1) is 25.0. The van der Waals surface area contributed by atoms with Crippen LogP contribution >= 0.6 is 34.8 Å². The first-order valence-electron chi connectivity index (χ1n) is 11.1. The van der Waals surface area contributed by atoms with Crippen LogP contribution in [0.15, 0.2) is 66.9 Å². The second-order valence-electron chi connectivity index (χ2n) is 8.17. The van der Waals surface area contributed by atoms with E-state index in [1.807, 2.05) is 0 Å². The van der Waals surface area contributed by atoms with Crippen molar-refractivity contribution in [2.45, 2.75) is 12.3 Å². The number of anilines is 1. The average Bonchev–Trinajstić information content (AvgIpc) is 3.34. The fraction of sp³-hybridized carbons (Fsp3) is 0.115. The van der Waals surface area contributed by atoms with Crippen LogP contribution < -0.4 is 14.8 Å². The van der Waals surface area contributed by atoms with Crippen molar-refractivity contribution in [2.24, 2.45) is 0 Å². The molecule has 8 nitrogen and oxygen atoms in total. The van der Waals surface area contributed by atoms with Gasteiger partial charge in [0.15, 0.2) is 5.82 Å². The number of nitrogens with zero attached hydrogens (tertiary/aromatic N) is 2. The lowest BCUT2D eigenvalue weighted by Crippen LogP contribution is -2.20. The third-order valence-corrected chi connectivity index (χ3v) is 6.78. The first-order chi connectivity index (χ1) is 17.8. The number of hydrogen-bond acceptors (Lipinski definition) is 5.